The van der Waals surface area contributed by atoms with Gasteiger partial charge in [-0.15, -0.1) is 0 Å². The Hall–Kier alpha value is -2.37. The third kappa shape index (κ3) is 3.91. The van der Waals surface area contributed by atoms with Crippen molar-refractivity contribution in [2.45, 2.75) is 12.8 Å². The SMILES string of the molecule is CN(C)CCCN1C2=CC(Br)=CCC2=CN(c2ccccc2)c2cccnc21. The number of fused-ring (bicyclic) bond motifs is 2. The number of benzene rings is 1. The van der Waals surface area contributed by atoms with Crippen LogP contribution in [0.15, 0.2) is 82.8 Å². The Morgan fingerprint density at radius 2 is 1.93 bits per heavy atom. The van der Waals surface area contributed by atoms with Crippen molar-refractivity contribution in [1.82, 2.24) is 9.88 Å². The molecule has 28 heavy (non-hydrogen) atoms. The first-order valence-corrected chi connectivity index (χ1v) is 10.4. The molecule has 0 N–H and O–H groups in total. The van der Waals surface area contributed by atoms with Gasteiger partial charge < -0.3 is 14.7 Å². The molecule has 0 unspecified atom stereocenters. The van der Waals surface area contributed by atoms with E-state index in [0.717, 1.165) is 47.6 Å². The van der Waals surface area contributed by atoms with Gasteiger partial charge in [-0.3, -0.25) is 0 Å². The second-order valence-corrected chi connectivity index (χ2v) is 8.25. The van der Waals surface area contributed by atoms with Crippen LogP contribution in [0.1, 0.15) is 12.8 Å². The molecule has 0 saturated carbocycles. The minimum absolute atomic E-state index is 0.897. The summed E-state index contributed by atoms with van der Waals surface area (Å²) in [5.41, 5.74) is 4.78. The molecule has 1 aromatic carbocycles. The Kier molecular flexibility index (Phi) is 5.64. The summed E-state index contributed by atoms with van der Waals surface area (Å²) in [6.45, 7) is 1.97. The molecule has 0 amide bonds. The van der Waals surface area contributed by atoms with Crippen LogP contribution >= 0.6 is 15.9 Å². The second kappa shape index (κ2) is 8.33. The molecular formula is C23H25BrN4. The third-order valence-corrected chi connectivity index (χ3v) is 5.55. The Balaban J connectivity index is 1.83. The van der Waals surface area contributed by atoms with Gasteiger partial charge in [0.15, 0.2) is 5.82 Å². The standard InChI is InChI=1S/C23H25BrN4/c1-26(2)14-7-15-27-22-16-19(24)12-11-18(22)17-28(20-8-4-3-5-9-20)21-10-6-13-25-23(21)27/h3-6,8-10,12-13,16-17H,7,11,14-15H2,1-2H3. The summed E-state index contributed by atoms with van der Waals surface area (Å²) in [4.78, 5) is 11.7. The van der Waals surface area contributed by atoms with E-state index in [1.54, 1.807) is 0 Å². The molecule has 0 atom stereocenters. The monoisotopic (exact) mass is 436 g/mol. The average molecular weight is 437 g/mol. The van der Waals surface area contributed by atoms with Crippen molar-refractivity contribution in [3.63, 3.8) is 0 Å². The van der Waals surface area contributed by atoms with Gasteiger partial charge in [0.1, 0.15) is 0 Å². The molecule has 5 heteroatoms. The van der Waals surface area contributed by atoms with Crippen LogP contribution in [0.2, 0.25) is 0 Å². The molecule has 4 nitrogen and oxygen atoms in total. The molecule has 0 fully saturated rings. The van der Waals surface area contributed by atoms with Crippen molar-refractivity contribution in [2.75, 3.05) is 37.0 Å². The maximum absolute atomic E-state index is 4.81. The van der Waals surface area contributed by atoms with Gasteiger partial charge in [-0.2, -0.15) is 0 Å². The first-order chi connectivity index (χ1) is 13.6. The Labute approximate surface area is 175 Å². The average Bonchev–Trinajstić information content (AvgIpc) is 2.84. The summed E-state index contributed by atoms with van der Waals surface area (Å²) >= 11 is 3.68. The molecule has 0 spiro atoms. The molecule has 0 saturated heterocycles. The number of hydrogen-bond donors (Lipinski definition) is 0. The van der Waals surface area contributed by atoms with Gasteiger partial charge in [0, 0.05) is 34.8 Å². The van der Waals surface area contributed by atoms with Crippen LogP contribution in [0.5, 0.6) is 0 Å². The molecule has 2 aromatic rings. The van der Waals surface area contributed by atoms with E-state index in [0.29, 0.717) is 0 Å². The molecule has 1 aliphatic heterocycles. The van der Waals surface area contributed by atoms with E-state index in [9.17, 15) is 0 Å². The molecule has 4 rings (SSSR count). The van der Waals surface area contributed by atoms with Gasteiger partial charge in [0.05, 0.1) is 5.69 Å². The first kappa shape index (κ1) is 19.0. The highest BCUT2D eigenvalue weighted by Crippen LogP contribution is 2.42. The van der Waals surface area contributed by atoms with Crippen molar-refractivity contribution in [1.29, 1.82) is 0 Å². The summed E-state index contributed by atoms with van der Waals surface area (Å²) in [5.74, 6) is 1.00. The molecule has 2 aliphatic rings. The smallest absolute Gasteiger partial charge is 0.157 e. The van der Waals surface area contributed by atoms with E-state index in [4.69, 9.17) is 4.98 Å². The Morgan fingerprint density at radius 3 is 2.71 bits per heavy atom. The molecule has 0 radical (unpaired) electrons. The van der Waals surface area contributed by atoms with E-state index in [1.807, 2.05) is 12.3 Å². The van der Waals surface area contributed by atoms with Crippen LogP contribution in [0.25, 0.3) is 0 Å². The zero-order valence-corrected chi connectivity index (χ0v) is 17.9. The zero-order valence-electron chi connectivity index (χ0n) is 16.3. The van der Waals surface area contributed by atoms with Crippen molar-refractivity contribution in [3.05, 3.63) is 82.8 Å². The van der Waals surface area contributed by atoms with E-state index in [-0.39, 0.29) is 0 Å². The lowest BCUT2D eigenvalue weighted by molar-refractivity contribution is 0.402. The molecule has 1 aliphatic carbocycles. The lowest BCUT2D eigenvalue weighted by atomic mass is 10.0. The fraction of sp³-hybridized carbons (Fsp3) is 0.261. The number of hydrogen-bond acceptors (Lipinski definition) is 4. The van der Waals surface area contributed by atoms with E-state index in [2.05, 4.69) is 99.5 Å². The zero-order chi connectivity index (χ0) is 19.5. The van der Waals surface area contributed by atoms with Crippen molar-refractivity contribution >= 4 is 33.1 Å². The number of anilines is 3. The number of pyridine rings is 1. The lowest BCUT2D eigenvalue weighted by Gasteiger charge is -2.29. The highest BCUT2D eigenvalue weighted by molar-refractivity contribution is 9.11. The lowest BCUT2D eigenvalue weighted by Crippen LogP contribution is -2.28. The van der Waals surface area contributed by atoms with Crippen molar-refractivity contribution in [3.8, 4) is 0 Å². The number of para-hydroxylation sites is 1. The summed E-state index contributed by atoms with van der Waals surface area (Å²) in [6, 6.07) is 14.7. The van der Waals surface area contributed by atoms with Gasteiger partial charge in [-0.25, -0.2) is 4.98 Å². The van der Waals surface area contributed by atoms with Crippen LogP contribution in [-0.2, 0) is 0 Å². The fourth-order valence-electron chi connectivity index (χ4n) is 3.66. The van der Waals surface area contributed by atoms with Crippen LogP contribution in [0.4, 0.5) is 17.2 Å². The number of nitrogens with zero attached hydrogens (tertiary/aromatic N) is 4. The minimum atomic E-state index is 0.897. The quantitative estimate of drug-likeness (QED) is 0.621. The number of rotatable bonds is 5. The van der Waals surface area contributed by atoms with Crippen molar-refractivity contribution in [2.24, 2.45) is 0 Å². The second-order valence-electron chi connectivity index (χ2n) is 7.34. The maximum atomic E-state index is 4.81. The van der Waals surface area contributed by atoms with E-state index in [1.165, 1.54) is 11.3 Å². The summed E-state index contributed by atoms with van der Waals surface area (Å²) in [7, 11) is 4.24. The van der Waals surface area contributed by atoms with E-state index < -0.39 is 0 Å². The Morgan fingerprint density at radius 1 is 1.11 bits per heavy atom. The summed E-state index contributed by atoms with van der Waals surface area (Å²) in [5, 5.41) is 0. The minimum Gasteiger partial charge on any atom is -0.324 e. The van der Waals surface area contributed by atoms with Gasteiger partial charge in [-0.1, -0.05) is 40.2 Å². The van der Waals surface area contributed by atoms with Gasteiger partial charge in [0.25, 0.3) is 0 Å². The highest BCUT2D eigenvalue weighted by Gasteiger charge is 2.27. The first-order valence-electron chi connectivity index (χ1n) is 9.63. The molecule has 1 aromatic heterocycles. The predicted octanol–water partition coefficient (Wildman–Crippen LogP) is 5.44. The van der Waals surface area contributed by atoms with Crippen LogP contribution in [0, 0.1) is 0 Å². The number of aromatic nitrogens is 1. The van der Waals surface area contributed by atoms with Gasteiger partial charge in [-0.05, 0) is 69.4 Å². The Bertz CT molecular complexity index is 931. The van der Waals surface area contributed by atoms with Gasteiger partial charge in [0.2, 0.25) is 0 Å². The highest BCUT2D eigenvalue weighted by atomic mass is 79.9. The predicted molar refractivity (Wildman–Crippen MR) is 121 cm³/mol. The molecular weight excluding hydrogens is 412 g/mol. The number of halogens is 1. The normalized spacial score (nSPS) is 16.1. The summed E-state index contributed by atoms with van der Waals surface area (Å²) < 4.78 is 1.13. The van der Waals surface area contributed by atoms with E-state index >= 15 is 0 Å². The molecule has 144 valence electrons. The maximum Gasteiger partial charge on any atom is 0.157 e. The van der Waals surface area contributed by atoms with Crippen LogP contribution in [0.3, 0.4) is 0 Å². The van der Waals surface area contributed by atoms with Crippen LogP contribution in [-0.4, -0.2) is 37.1 Å². The topological polar surface area (TPSA) is 22.6 Å². The number of allylic oxidation sites excluding steroid dienone is 4. The molecule has 0 bridgehead atoms. The third-order valence-electron chi connectivity index (χ3n) is 5.00. The van der Waals surface area contributed by atoms with Crippen molar-refractivity contribution < 1.29 is 0 Å². The fourth-order valence-corrected chi connectivity index (χ4v) is 4.04. The summed E-state index contributed by atoms with van der Waals surface area (Å²) in [6.07, 6.45) is 10.6. The van der Waals surface area contributed by atoms with Gasteiger partial charge >= 0.3 is 0 Å². The molecule has 2 heterocycles. The van der Waals surface area contributed by atoms with Crippen LogP contribution < -0.4 is 9.80 Å². The largest absolute Gasteiger partial charge is 0.324 e.